The summed E-state index contributed by atoms with van der Waals surface area (Å²) in [6.45, 7) is 0. The van der Waals surface area contributed by atoms with E-state index in [1.165, 1.54) is 0 Å². The van der Waals surface area contributed by atoms with Crippen molar-refractivity contribution >= 4 is 40.8 Å². The smallest absolute Gasteiger partial charge is 0.324 e. The second kappa shape index (κ2) is 2.92. The molecular formula is C3H4Cl3NO2. The third kappa shape index (κ3) is 3.11. The van der Waals surface area contributed by atoms with Crippen LogP contribution in [-0.4, -0.2) is 20.9 Å². The van der Waals surface area contributed by atoms with E-state index in [1.54, 1.807) is 0 Å². The molecule has 1 atom stereocenters. The molecule has 0 spiro atoms. The maximum Gasteiger partial charge on any atom is 0.324 e. The Kier molecular flexibility index (Phi) is 3.02. The van der Waals surface area contributed by atoms with Crippen molar-refractivity contribution in [1.82, 2.24) is 0 Å². The average Bonchev–Trinajstić information content (AvgIpc) is 1.62. The lowest BCUT2D eigenvalue weighted by atomic mass is 10.4. The average molecular weight is 192 g/mol. The second-order valence-electron chi connectivity index (χ2n) is 1.36. The molecule has 0 amide bonds. The fourth-order valence-corrected chi connectivity index (χ4v) is 0.420. The first-order valence-corrected chi connectivity index (χ1v) is 3.04. The molecule has 0 aliphatic carbocycles. The van der Waals surface area contributed by atoms with Crippen LogP contribution in [-0.2, 0) is 4.79 Å². The van der Waals surface area contributed by atoms with Gasteiger partial charge in [0, 0.05) is 0 Å². The molecule has 0 heterocycles. The van der Waals surface area contributed by atoms with E-state index < -0.39 is 15.8 Å². The monoisotopic (exact) mass is 191 g/mol. The summed E-state index contributed by atoms with van der Waals surface area (Å²) < 4.78 is -1.92. The molecule has 54 valence electrons. The lowest BCUT2D eigenvalue weighted by Gasteiger charge is -2.14. The molecular weight excluding hydrogens is 188 g/mol. The van der Waals surface area contributed by atoms with Gasteiger partial charge < -0.3 is 10.8 Å². The van der Waals surface area contributed by atoms with Crippen LogP contribution < -0.4 is 5.73 Å². The molecule has 0 aromatic heterocycles. The van der Waals surface area contributed by atoms with Crippen molar-refractivity contribution in [2.75, 3.05) is 0 Å². The first-order chi connectivity index (χ1) is 3.85. The number of carbonyl (C=O) groups is 1. The van der Waals surface area contributed by atoms with Gasteiger partial charge in [0.15, 0.2) is 6.04 Å². The Bertz CT molecular complexity index is 121. The summed E-state index contributed by atoms with van der Waals surface area (Å²) in [5.41, 5.74) is 4.90. The van der Waals surface area contributed by atoms with Crippen molar-refractivity contribution in [3.05, 3.63) is 0 Å². The molecule has 0 aromatic carbocycles. The molecule has 0 aliphatic rings. The van der Waals surface area contributed by atoms with Gasteiger partial charge in [0.2, 0.25) is 3.79 Å². The van der Waals surface area contributed by atoms with Gasteiger partial charge in [-0.2, -0.15) is 0 Å². The summed E-state index contributed by atoms with van der Waals surface area (Å²) in [7, 11) is 0. The minimum atomic E-state index is -1.92. The van der Waals surface area contributed by atoms with Crippen LogP contribution in [0.4, 0.5) is 0 Å². The molecule has 0 unspecified atom stereocenters. The van der Waals surface area contributed by atoms with Gasteiger partial charge in [-0.3, -0.25) is 4.79 Å². The van der Waals surface area contributed by atoms with Gasteiger partial charge in [-0.05, 0) is 0 Å². The summed E-state index contributed by atoms with van der Waals surface area (Å²) in [6, 6.07) is -1.47. The van der Waals surface area contributed by atoms with E-state index in [0.29, 0.717) is 0 Å². The summed E-state index contributed by atoms with van der Waals surface area (Å²) in [4.78, 5) is 9.97. The van der Waals surface area contributed by atoms with Crippen molar-refractivity contribution in [3.8, 4) is 0 Å². The number of rotatable bonds is 1. The third-order valence-electron chi connectivity index (χ3n) is 0.619. The van der Waals surface area contributed by atoms with Crippen molar-refractivity contribution in [2.45, 2.75) is 9.83 Å². The first kappa shape index (κ1) is 9.30. The zero-order valence-electron chi connectivity index (χ0n) is 4.14. The molecule has 6 heteroatoms. The SMILES string of the molecule is N[C@H](C(=O)O)C(Cl)(Cl)Cl. The van der Waals surface area contributed by atoms with Crippen LogP contribution in [0.2, 0.25) is 0 Å². The summed E-state index contributed by atoms with van der Waals surface area (Å²) >= 11 is 15.3. The van der Waals surface area contributed by atoms with Crippen LogP contribution in [0.5, 0.6) is 0 Å². The molecule has 0 radical (unpaired) electrons. The van der Waals surface area contributed by atoms with E-state index in [-0.39, 0.29) is 0 Å². The highest BCUT2D eigenvalue weighted by molar-refractivity contribution is 6.68. The zero-order chi connectivity index (χ0) is 7.65. The van der Waals surface area contributed by atoms with Gasteiger partial charge in [-0.1, -0.05) is 34.8 Å². The number of hydrogen-bond donors (Lipinski definition) is 2. The van der Waals surface area contributed by atoms with Crippen molar-refractivity contribution in [2.24, 2.45) is 5.73 Å². The third-order valence-corrected chi connectivity index (χ3v) is 1.32. The van der Waals surface area contributed by atoms with E-state index >= 15 is 0 Å². The normalized spacial score (nSPS) is 15.1. The minimum absolute atomic E-state index is 1.34. The minimum Gasteiger partial charge on any atom is -0.480 e. The summed E-state index contributed by atoms with van der Waals surface area (Å²) in [6.07, 6.45) is 0. The molecule has 9 heavy (non-hydrogen) atoms. The molecule has 0 saturated carbocycles. The van der Waals surface area contributed by atoms with Crippen molar-refractivity contribution in [3.63, 3.8) is 0 Å². The van der Waals surface area contributed by atoms with E-state index in [4.69, 9.17) is 45.6 Å². The number of alkyl halides is 3. The molecule has 0 bridgehead atoms. The summed E-state index contributed by atoms with van der Waals surface area (Å²) in [5.74, 6) is -1.34. The molecule has 3 N–H and O–H groups in total. The van der Waals surface area contributed by atoms with Crippen LogP contribution in [0.15, 0.2) is 0 Å². The predicted octanol–water partition coefficient (Wildman–Crippen LogP) is 0.768. The molecule has 0 aliphatic heterocycles. The van der Waals surface area contributed by atoms with Gasteiger partial charge in [0.1, 0.15) is 0 Å². The van der Waals surface area contributed by atoms with Gasteiger partial charge in [-0.15, -0.1) is 0 Å². The van der Waals surface area contributed by atoms with Crippen LogP contribution in [0, 0.1) is 0 Å². The number of carboxylic acids is 1. The lowest BCUT2D eigenvalue weighted by Crippen LogP contribution is -2.41. The Hall–Kier alpha value is 0.300. The molecule has 0 fully saturated rings. The number of nitrogens with two attached hydrogens (primary N) is 1. The van der Waals surface area contributed by atoms with Gasteiger partial charge >= 0.3 is 5.97 Å². The highest BCUT2D eigenvalue weighted by atomic mass is 35.6. The van der Waals surface area contributed by atoms with Gasteiger partial charge in [0.25, 0.3) is 0 Å². The van der Waals surface area contributed by atoms with Crippen LogP contribution in [0.25, 0.3) is 0 Å². The Morgan fingerprint density at radius 3 is 1.89 bits per heavy atom. The van der Waals surface area contributed by atoms with Gasteiger partial charge in [0.05, 0.1) is 0 Å². The van der Waals surface area contributed by atoms with E-state index in [1.807, 2.05) is 0 Å². The number of aliphatic carboxylic acids is 1. The van der Waals surface area contributed by atoms with E-state index in [0.717, 1.165) is 0 Å². The first-order valence-electron chi connectivity index (χ1n) is 1.91. The fraction of sp³-hybridized carbons (Fsp3) is 0.667. The van der Waals surface area contributed by atoms with Gasteiger partial charge in [-0.25, -0.2) is 0 Å². The van der Waals surface area contributed by atoms with Crippen LogP contribution in [0.3, 0.4) is 0 Å². The zero-order valence-corrected chi connectivity index (χ0v) is 6.41. The Morgan fingerprint density at radius 2 is 1.89 bits per heavy atom. The Labute approximate surface area is 66.7 Å². The second-order valence-corrected chi connectivity index (χ2v) is 3.73. The highest BCUT2D eigenvalue weighted by Gasteiger charge is 2.34. The Balaban J connectivity index is 4.04. The lowest BCUT2D eigenvalue weighted by molar-refractivity contribution is -0.138. The van der Waals surface area contributed by atoms with E-state index in [9.17, 15) is 4.79 Å². The van der Waals surface area contributed by atoms with Crippen molar-refractivity contribution < 1.29 is 9.90 Å². The topological polar surface area (TPSA) is 63.3 Å². The standard InChI is InChI=1S/C3H4Cl3NO2/c4-3(5,6)1(7)2(8)9/h1H,7H2,(H,8,9)/t1-/m1/s1. The molecule has 0 rings (SSSR count). The number of halogens is 3. The predicted molar refractivity (Wildman–Crippen MR) is 35.9 cm³/mol. The largest absolute Gasteiger partial charge is 0.480 e. The van der Waals surface area contributed by atoms with Crippen LogP contribution in [0.1, 0.15) is 0 Å². The van der Waals surface area contributed by atoms with Crippen molar-refractivity contribution in [1.29, 1.82) is 0 Å². The Morgan fingerprint density at radius 1 is 1.56 bits per heavy atom. The number of hydrogen-bond acceptors (Lipinski definition) is 2. The highest BCUT2D eigenvalue weighted by Crippen LogP contribution is 2.28. The summed E-state index contributed by atoms with van der Waals surface area (Å²) in [5, 5.41) is 8.14. The fourth-order valence-electron chi connectivity index (χ4n) is 0.140. The molecule has 3 nitrogen and oxygen atoms in total. The molecule has 0 saturated heterocycles. The quantitative estimate of drug-likeness (QED) is 0.603. The van der Waals surface area contributed by atoms with E-state index in [2.05, 4.69) is 0 Å². The maximum absolute atomic E-state index is 9.97. The maximum atomic E-state index is 9.97. The molecule has 0 aromatic rings. The van der Waals surface area contributed by atoms with Crippen LogP contribution >= 0.6 is 34.8 Å². The number of carboxylic acid groups (broad SMARTS) is 1.